The topological polar surface area (TPSA) is 35.8 Å². The highest BCUT2D eigenvalue weighted by Crippen LogP contribution is 2.57. The number of nitriles is 1. The molecule has 18 heavy (non-hydrogen) atoms. The van der Waals surface area contributed by atoms with E-state index >= 15 is 0 Å². The van der Waals surface area contributed by atoms with E-state index in [1.54, 1.807) is 0 Å². The summed E-state index contributed by atoms with van der Waals surface area (Å²) in [5, 5.41) is 12.3. The van der Waals surface area contributed by atoms with Gasteiger partial charge in [0.15, 0.2) is 0 Å². The number of nitrogens with one attached hydrogen (secondary N) is 1. The van der Waals surface area contributed by atoms with Crippen molar-refractivity contribution in [3.63, 3.8) is 0 Å². The smallest absolute Gasteiger partial charge is 0.0991 e. The minimum absolute atomic E-state index is 0.392. The van der Waals surface area contributed by atoms with Crippen LogP contribution in [0, 0.1) is 16.7 Å². The first-order valence-corrected chi connectivity index (χ1v) is 6.89. The fourth-order valence-electron chi connectivity index (χ4n) is 3.69. The highest BCUT2D eigenvalue weighted by molar-refractivity contribution is 5.36. The van der Waals surface area contributed by atoms with Crippen molar-refractivity contribution in [3.05, 3.63) is 35.4 Å². The zero-order chi connectivity index (χ0) is 13.2. The van der Waals surface area contributed by atoms with Crippen molar-refractivity contribution >= 4 is 0 Å². The Morgan fingerprint density at radius 3 is 2.33 bits per heavy atom. The molecule has 0 radical (unpaired) electrons. The molecule has 1 aromatic carbocycles. The summed E-state index contributed by atoms with van der Waals surface area (Å²) in [6, 6.07) is 11.0. The second-order valence-corrected chi connectivity index (χ2v) is 5.30. The number of benzene rings is 1. The molecule has 1 fully saturated rings. The molecule has 0 aliphatic heterocycles. The summed E-state index contributed by atoms with van der Waals surface area (Å²) in [6.07, 6.45) is 3.63. The first-order chi connectivity index (χ1) is 8.71. The van der Waals surface area contributed by atoms with Crippen LogP contribution in [0.5, 0.6) is 0 Å². The number of rotatable bonds is 4. The predicted molar refractivity (Wildman–Crippen MR) is 74.4 cm³/mol. The van der Waals surface area contributed by atoms with Gasteiger partial charge in [0.05, 0.1) is 11.6 Å². The Bertz CT molecular complexity index is 437. The molecule has 1 aliphatic rings. The number of hydrogen-bond acceptors (Lipinski definition) is 2. The fourth-order valence-corrected chi connectivity index (χ4v) is 3.69. The van der Waals surface area contributed by atoms with Crippen molar-refractivity contribution < 1.29 is 0 Å². The Morgan fingerprint density at radius 1 is 1.28 bits per heavy atom. The lowest BCUT2D eigenvalue weighted by molar-refractivity contribution is 0.0245. The molecule has 1 N–H and O–H groups in total. The largest absolute Gasteiger partial charge is 0.316 e. The van der Waals surface area contributed by atoms with E-state index < -0.39 is 0 Å². The predicted octanol–water partition coefficient (Wildman–Crippen LogP) is 3.44. The van der Waals surface area contributed by atoms with E-state index in [0.29, 0.717) is 17.4 Å². The average Bonchev–Trinajstić information content (AvgIpc) is 2.41. The van der Waals surface area contributed by atoms with Gasteiger partial charge in [-0.05, 0) is 55.3 Å². The molecule has 2 heteroatoms. The zero-order valence-electron chi connectivity index (χ0n) is 11.5. The van der Waals surface area contributed by atoms with Crippen LogP contribution in [0.1, 0.15) is 50.2 Å². The zero-order valence-corrected chi connectivity index (χ0v) is 11.5. The Kier molecular flexibility index (Phi) is 3.73. The molecule has 1 aromatic rings. The lowest BCUT2D eigenvalue weighted by atomic mass is 9.52. The van der Waals surface area contributed by atoms with Crippen molar-refractivity contribution in [3.8, 4) is 6.07 Å². The van der Waals surface area contributed by atoms with Gasteiger partial charge < -0.3 is 5.32 Å². The third kappa shape index (κ3) is 1.83. The van der Waals surface area contributed by atoms with Crippen LogP contribution in [0.15, 0.2) is 24.3 Å². The average molecular weight is 242 g/mol. The maximum Gasteiger partial charge on any atom is 0.0991 e. The number of nitrogens with zero attached hydrogens (tertiary/aromatic N) is 1. The molecule has 2 atom stereocenters. The van der Waals surface area contributed by atoms with Crippen molar-refractivity contribution in [2.24, 2.45) is 5.41 Å². The summed E-state index contributed by atoms with van der Waals surface area (Å²) < 4.78 is 0. The molecule has 0 saturated heterocycles. The van der Waals surface area contributed by atoms with Crippen LogP contribution in [-0.4, -0.2) is 13.1 Å². The second kappa shape index (κ2) is 5.12. The van der Waals surface area contributed by atoms with E-state index in [0.717, 1.165) is 5.56 Å². The number of hydrogen-bond donors (Lipinski definition) is 1. The fraction of sp³-hybridized carbons (Fsp3) is 0.562. The molecule has 1 aliphatic carbocycles. The van der Waals surface area contributed by atoms with E-state index in [2.05, 4.69) is 44.4 Å². The summed E-state index contributed by atoms with van der Waals surface area (Å²) >= 11 is 0. The first-order valence-electron chi connectivity index (χ1n) is 6.89. The highest BCUT2D eigenvalue weighted by atomic mass is 14.9. The molecule has 0 amide bonds. The van der Waals surface area contributed by atoms with Crippen LogP contribution in [0.4, 0.5) is 0 Å². The first kappa shape index (κ1) is 13.1. The molecule has 2 rings (SSSR count). The monoisotopic (exact) mass is 242 g/mol. The summed E-state index contributed by atoms with van der Waals surface area (Å²) in [5.74, 6) is 0.637. The summed E-state index contributed by atoms with van der Waals surface area (Å²) in [5.41, 5.74) is 2.54. The maximum atomic E-state index is 8.85. The van der Waals surface area contributed by atoms with Crippen molar-refractivity contribution in [2.45, 2.75) is 45.1 Å². The van der Waals surface area contributed by atoms with E-state index in [1.807, 2.05) is 12.1 Å². The van der Waals surface area contributed by atoms with Gasteiger partial charge in [0.25, 0.3) is 0 Å². The molecule has 2 nitrogen and oxygen atoms in total. The van der Waals surface area contributed by atoms with Crippen LogP contribution in [0.3, 0.4) is 0 Å². The Balaban J connectivity index is 2.26. The van der Waals surface area contributed by atoms with Crippen LogP contribution >= 0.6 is 0 Å². The van der Waals surface area contributed by atoms with E-state index in [4.69, 9.17) is 5.26 Å². The lowest BCUT2D eigenvalue weighted by Crippen LogP contribution is -2.57. The Morgan fingerprint density at radius 2 is 1.89 bits per heavy atom. The quantitative estimate of drug-likeness (QED) is 0.878. The van der Waals surface area contributed by atoms with Gasteiger partial charge >= 0.3 is 0 Å². The SMILES string of the molecule is CCC1(CC)C(NC)CC1c1ccc(C#N)cc1. The molecule has 2 unspecified atom stereocenters. The van der Waals surface area contributed by atoms with Crippen LogP contribution in [0.25, 0.3) is 0 Å². The Labute approximate surface area is 110 Å². The molecular weight excluding hydrogens is 220 g/mol. The molecule has 0 spiro atoms. The van der Waals surface area contributed by atoms with Crippen molar-refractivity contribution in [1.29, 1.82) is 5.26 Å². The van der Waals surface area contributed by atoms with Crippen LogP contribution in [-0.2, 0) is 0 Å². The third-order valence-corrected chi connectivity index (χ3v) is 4.97. The van der Waals surface area contributed by atoms with Gasteiger partial charge in [0.2, 0.25) is 0 Å². The third-order valence-electron chi connectivity index (χ3n) is 4.97. The van der Waals surface area contributed by atoms with Gasteiger partial charge in [-0.15, -0.1) is 0 Å². The van der Waals surface area contributed by atoms with Gasteiger partial charge in [0.1, 0.15) is 0 Å². The van der Waals surface area contributed by atoms with Gasteiger partial charge in [0, 0.05) is 6.04 Å². The Hall–Kier alpha value is -1.33. The summed E-state index contributed by atoms with van der Waals surface area (Å²) in [7, 11) is 2.07. The molecule has 0 bridgehead atoms. The molecule has 0 aromatic heterocycles. The summed E-state index contributed by atoms with van der Waals surface area (Å²) in [4.78, 5) is 0. The van der Waals surface area contributed by atoms with Crippen molar-refractivity contribution in [2.75, 3.05) is 7.05 Å². The van der Waals surface area contributed by atoms with Crippen LogP contribution < -0.4 is 5.32 Å². The molecule has 96 valence electrons. The summed E-state index contributed by atoms with van der Waals surface area (Å²) in [6.45, 7) is 4.59. The maximum absolute atomic E-state index is 8.85. The highest BCUT2D eigenvalue weighted by Gasteiger charge is 2.51. The van der Waals surface area contributed by atoms with Gasteiger partial charge in [-0.2, -0.15) is 5.26 Å². The van der Waals surface area contributed by atoms with Gasteiger partial charge in [-0.25, -0.2) is 0 Å². The van der Waals surface area contributed by atoms with Gasteiger partial charge in [-0.1, -0.05) is 26.0 Å². The molecule has 0 heterocycles. The lowest BCUT2D eigenvalue weighted by Gasteiger charge is -2.56. The minimum Gasteiger partial charge on any atom is -0.316 e. The standard InChI is InChI=1S/C16H22N2/c1-4-16(5-2)14(10-15(16)18-3)13-8-6-12(11-17)7-9-13/h6-9,14-15,18H,4-5,10H2,1-3H3. The normalized spacial score (nSPS) is 25.2. The second-order valence-electron chi connectivity index (χ2n) is 5.30. The minimum atomic E-state index is 0.392. The van der Waals surface area contributed by atoms with Gasteiger partial charge in [-0.3, -0.25) is 0 Å². The molecular formula is C16H22N2. The van der Waals surface area contributed by atoms with Crippen molar-refractivity contribution in [1.82, 2.24) is 5.32 Å². The van der Waals surface area contributed by atoms with Crippen LogP contribution in [0.2, 0.25) is 0 Å². The van der Waals surface area contributed by atoms with E-state index in [1.165, 1.54) is 24.8 Å². The van der Waals surface area contributed by atoms with E-state index in [9.17, 15) is 0 Å². The van der Waals surface area contributed by atoms with E-state index in [-0.39, 0.29) is 0 Å². The molecule has 1 saturated carbocycles.